The quantitative estimate of drug-likeness (QED) is 0.842. The summed E-state index contributed by atoms with van der Waals surface area (Å²) in [6.45, 7) is 0.0946. The van der Waals surface area contributed by atoms with Crippen LogP contribution in [0.4, 0.5) is 5.95 Å². The highest BCUT2D eigenvalue weighted by Gasteiger charge is 2.07. The third kappa shape index (κ3) is 3.21. The summed E-state index contributed by atoms with van der Waals surface area (Å²) < 4.78 is 6.38. The number of carbonyl (C=O) groups is 1. The minimum atomic E-state index is -0.431. The molecular formula is C11H11ClN4O2. The molecule has 18 heavy (non-hydrogen) atoms. The number of ether oxygens (including phenoxy) is 1. The largest absolute Gasteiger partial charge is 0.459 e. The van der Waals surface area contributed by atoms with E-state index in [4.69, 9.17) is 22.1 Å². The van der Waals surface area contributed by atoms with Crippen LogP contribution >= 0.6 is 11.6 Å². The van der Waals surface area contributed by atoms with Crippen LogP contribution in [0.5, 0.6) is 0 Å². The standard InChI is InChI=1S/C11H11ClN4O2/c12-9-4-2-1-3-8(9)6-18-10(17)5-16-7-14-11(13)15-16/h1-4,7H,5-6H2,(H2,13,15). The number of nitrogens with two attached hydrogens (primary N) is 1. The summed E-state index contributed by atoms with van der Waals surface area (Å²) in [5.41, 5.74) is 6.08. The molecule has 0 saturated carbocycles. The van der Waals surface area contributed by atoms with Gasteiger partial charge >= 0.3 is 5.97 Å². The van der Waals surface area contributed by atoms with Gasteiger partial charge < -0.3 is 10.5 Å². The Labute approximate surface area is 108 Å². The Hall–Kier alpha value is -2.08. The van der Waals surface area contributed by atoms with Crippen molar-refractivity contribution in [3.8, 4) is 0 Å². The molecule has 0 aliphatic heterocycles. The predicted octanol–water partition coefficient (Wildman–Crippen LogP) is 1.26. The van der Waals surface area contributed by atoms with Crippen molar-refractivity contribution in [1.82, 2.24) is 14.8 Å². The second-order valence-electron chi connectivity index (χ2n) is 3.55. The van der Waals surface area contributed by atoms with Crippen molar-refractivity contribution in [1.29, 1.82) is 0 Å². The molecule has 0 saturated heterocycles. The molecule has 7 heteroatoms. The lowest BCUT2D eigenvalue weighted by molar-refractivity contribution is -0.145. The Kier molecular flexibility index (Phi) is 3.78. The van der Waals surface area contributed by atoms with Gasteiger partial charge in [-0.25, -0.2) is 9.67 Å². The number of nitrogens with zero attached hydrogens (tertiary/aromatic N) is 3. The second-order valence-corrected chi connectivity index (χ2v) is 3.96. The van der Waals surface area contributed by atoms with E-state index in [9.17, 15) is 4.79 Å². The second kappa shape index (κ2) is 5.50. The van der Waals surface area contributed by atoms with Gasteiger partial charge in [-0.1, -0.05) is 29.8 Å². The average molecular weight is 267 g/mol. The molecule has 0 aliphatic rings. The molecule has 2 aromatic rings. The Morgan fingerprint density at radius 2 is 2.22 bits per heavy atom. The Morgan fingerprint density at radius 3 is 2.89 bits per heavy atom. The van der Waals surface area contributed by atoms with E-state index in [0.717, 1.165) is 5.56 Å². The number of halogens is 1. The lowest BCUT2D eigenvalue weighted by atomic mass is 10.2. The van der Waals surface area contributed by atoms with Crippen LogP contribution in [0.3, 0.4) is 0 Å². The number of rotatable bonds is 4. The van der Waals surface area contributed by atoms with E-state index in [-0.39, 0.29) is 19.1 Å². The fourth-order valence-corrected chi connectivity index (χ4v) is 1.53. The first-order chi connectivity index (χ1) is 8.65. The van der Waals surface area contributed by atoms with Gasteiger partial charge in [0.15, 0.2) is 0 Å². The van der Waals surface area contributed by atoms with E-state index in [1.807, 2.05) is 12.1 Å². The van der Waals surface area contributed by atoms with E-state index < -0.39 is 5.97 Å². The van der Waals surface area contributed by atoms with Gasteiger partial charge in [-0.15, -0.1) is 5.10 Å². The highest BCUT2D eigenvalue weighted by atomic mass is 35.5. The van der Waals surface area contributed by atoms with Crippen molar-refractivity contribution in [2.45, 2.75) is 13.2 Å². The molecule has 0 amide bonds. The highest BCUT2D eigenvalue weighted by Crippen LogP contribution is 2.15. The van der Waals surface area contributed by atoms with Crippen LogP contribution in [0.2, 0.25) is 5.02 Å². The minimum Gasteiger partial charge on any atom is -0.459 e. The number of nitrogen functional groups attached to an aromatic ring is 1. The number of carbonyl (C=O) groups excluding carboxylic acids is 1. The van der Waals surface area contributed by atoms with E-state index in [1.165, 1.54) is 11.0 Å². The van der Waals surface area contributed by atoms with Crippen molar-refractivity contribution >= 4 is 23.5 Å². The van der Waals surface area contributed by atoms with Crippen LogP contribution in [0, 0.1) is 0 Å². The van der Waals surface area contributed by atoms with Crippen molar-refractivity contribution in [2.24, 2.45) is 0 Å². The Bertz CT molecular complexity index is 555. The van der Waals surface area contributed by atoms with Crippen LogP contribution in [-0.2, 0) is 22.7 Å². The molecule has 0 fully saturated rings. The minimum absolute atomic E-state index is 0.0331. The molecule has 0 atom stereocenters. The van der Waals surface area contributed by atoms with E-state index in [2.05, 4.69) is 10.1 Å². The summed E-state index contributed by atoms with van der Waals surface area (Å²) >= 11 is 5.94. The van der Waals surface area contributed by atoms with E-state index in [0.29, 0.717) is 5.02 Å². The molecule has 0 bridgehead atoms. The van der Waals surface area contributed by atoms with Crippen LogP contribution in [0.15, 0.2) is 30.6 Å². The zero-order valence-electron chi connectivity index (χ0n) is 9.41. The molecular weight excluding hydrogens is 256 g/mol. The topological polar surface area (TPSA) is 83.0 Å². The fourth-order valence-electron chi connectivity index (χ4n) is 1.34. The van der Waals surface area contributed by atoms with E-state index >= 15 is 0 Å². The number of anilines is 1. The third-order valence-corrected chi connectivity index (χ3v) is 2.56. The first-order valence-electron chi connectivity index (χ1n) is 5.19. The van der Waals surface area contributed by atoms with Crippen molar-refractivity contribution in [2.75, 3.05) is 5.73 Å². The molecule has 6 nitrogen and oxygen atoms in total. The molecule has 1 aromatic carbocycles. The van der Waals surface area contributed by atoms with Crippen molar-refractivity contribution in [3.63, 3.8) is 0 Å². The number of aromatic nitrogens is 3. The normalized spacial score (nSPS) is 10.3. The summed E-state index contributed by atoms with van der Waals surface area (Å²) in [7, 11) is 0. The summed E-state index contributed by atoms with van der Waals surface area (Å²) in [4.78, 5) is 15.2. The third-order valence-electron chi connectivity index (χ3n) is 2.19. The maximum atomic E-state index is 11.5. The van der Waals surface area contributed by atoms with Gasteiger partial charge in [0.05, 0.1) is 0 Å². The summed E-state index contributed by atoms with van der Waals surface area (Å²) in [6, 6.07) is 7.17. The van der Waals surface area contributed by atoms with Crippen LogP contribution < -0.4 is 5.73 Å². The lowest BCUT2D eigenvalue weighted by Crippen LogP contribution is -2.14. The van der Waals surface area contributed by atoms with Gasteiger partial charge in [-0.2, -0.15) is 0 Å². The molecule has 0 unspecified atom stereocenters. The predicted molar refractivity (Wildman–Crippen MR) is 65.7 cm³/mol. The van der Waals surface area contributed by atoms with E-state index in [1.54, 1.807) is 12.1 Å². The number of esters is 1. The van der Waals surface area contributed by atoms with Gasteiger partial charge in [-0.05, 0) is 6.07 Å². The first-order valence-corrected chi connectivity index (χ1v) is 5.57. The first kappa shape index (κ1) is 12.4. The molecule has 0 radical (unpaired) electrons. The number of benzene rings is 1. The smallest absolute Gasteiger partial charge is 0.328 e. The summed E-state index contributed by atoms with van der Waals surface area (Å²) in [5.74, 6) is -0.311. The zero-order valence-corrected chi connectivity index (χ0v) is 10.2. The van der Waals surface area contributed by atoms with Crippen LogP contribution in [0.1, 0.15) is 5.56 Å². The summed E-state index contributed by atoms with van der Waals surface area (Å²) in [6.07, 6.45) is 1.37. The molecule has 0 aliphatic carbocycles. The average Bonchev–Trinajstić information content (AvgIpc) is 2.74. The maximum Gasteiger partial charge on any atom is 0.328 e. The Balaban J connectivity index is 1.87. The van der Waals surface area contributed by atoms with Gasteiger partial charge in [0.2, 0.25) is 5.95 Å². The number of hydrogen-bond acceptors (Lipinski definition) is 5. The molecule has 0 spiro atoms. The summed E-state index contributed by atoms with van der Waals surface area (Å²) in [5, 5.41) is 4.34. The monoisotopic (exact) mass is 266 g/mol. The Morgan fingerprint density at radius 1 is 1.44 bits per heavy atom. The van der Waals surface area contributed by atoms with Gasteiger partial charge in [0.1, 0.15) is 19.5 Å². The SMILES string of the molecule is Nc1ncn(CC(=O)OCc2ccccc2Cl)n1. The molecule has 2 N–H and O–H groups in total. The zero-order chi connectivity index (χ0) is 13.0. The van der Waals surface area contributed by atoms with Crippen molar-refractivity contribution < 1.29 is 9.53 Å². The molecule has 94 valence electrons. The van der Waals surface area contributed by atoms with Crippen LogP contribution in [0.25, 0.3) is 0 Å². The van der Waals surface area contributed by atoms with Gasteiger partial charge in [0.25, 0.3) is 0 Å². The van der Waals surface area contributed by atoms with Crippen molar-refractivity contribution in [3.05, 3.63) is 41.2 Å². The highest BCUT2D eigenvalue weighted by molar-refractivity contribution is 6.31. The maximum absolute atomic E-state index is 11.5. The van der Waals surface area contributed by atoms with Crippen LogP contribution in [-0.4, -0.2) is 20.7 Å². The molecule has 1 aromatic heterocycles. The molecule has 2 rings (SSSR count). The fraction of sp³-hybridized carbons (Fsp3) is 0.182. The van der Waals surface area contributed by atoms with Gasteiger partial charge in [-0.3, -0.25) is 4.79 Å². The number of hydrogen-bond donors (Lipinski definition) is 1. The lowest BCUT2D eigenvalue weighted by Gasteiger charge is -2.06. The molecule has 1 heterocycles. The van der Waals surface area contributed by atoms with Gasteiger partial charge in [0, 0.05) is 10.6 Å².